The van der Waals surface area contributed by atoms with Crippen molar-refractivity contribution >= 4 is 17.3 Å². The number of hydrogen-bond acceptors (Lipinski definition) is 6. The third-order valence-corrected chi connectivity index (χ3v) is 3.78. The number of ether oxygens (including phenoxy) is 2. The molecule has 1 N–H and O–H groups in total. The van der Waals surface area contributed by atoms with E-state index in [0.717, 1.165) is 5.56 Å². The fourth-order valence-electron chi connectivity index (χ4n) is 2.22. The van der Waals surface area contributed by atoms with Crippen LogP contribution >= 0.6 is 11.6 Å². The fraction of sp³-hybridized carbons (Fsp3) is 0.176. The Balaban J connectivity index is 1.74. The summed E-state index contributed by atoms with van der Waals surface area (Å²) in [7, 11) is 3.12. The zero-order valence-electron chi connectivity index (χ0n) is 13.5. The summed E-state index contributed by atoms with van der Waals surface area (Å²) in [4.78, 5) is 4.32. The lowest BCUT2D eigenvalue weighted by atomic mass is 10.2. The molecule has 8 heteroatoms. The van der Waals surface area contributed by atoms with E-state index in [1.54, 1.807) is 38.5 Å². The topological polar surface area (TPSA) is 69.4 Å². The lowest BCUT2D eigenvalue weighted by Gasteiger charge is -2.07. The smallest absolute Gasteiger partial charge is 0.246 e. The number of benzene rings is 2. The molecule has 0 amide bonds. The van der Waals surface area contributed by atoms with Crippen LogP contribution in [0.1, 0.15) is 5.89 Å². The Morgan fingerprint density at radius 3 is 2.64 bits per heavy atom. The molecule has 0 bridgehead atoms. The highest BCUT2D eigenvalue weighted by Crippen LogP contribution is 2.31. The summed E-state index contributed by atoms with van der Waals surface area (Å²) in [6.45, 7) is 0.256. The maximum atomic E-state index is 13.0. The summed E-state index contributed by atoms with van der Waals surface area (Å²) in [5, 5.41) is 7.25. The van der Waals surface area contributed by atoms with Gasteiger partial charge in [-0.2, -0.15) is 4.98 Å². The molecule has 0 atom stereocenters. The third kappa shape index (κ3) is 3.83. The van der Waals surface area contributed by atoms with E-state index < -0.39 is 5.82 Å². The maximum Gasteiger partial charge on any atom is 0.246 e. The number of methoxy groups -OCH3 is 2. The highest BCUT2D eigenvalue weighted by molar-refractivity contribution is 6.33. The SMILES string of the molecule is COc1ccc(-c2noc(CNc3ccc(F)cc3Cl)n2)cc1OC. The lowest BCUT2D eigenvalue weighted by molar-refractivity contribution is 0.355. The molecule has 0 spiro atoms. The minimum absolute atomic E-state index is 0.256. The van der Waals surface area contributed by atoms with Gasteiger partial charge < -0.3 is 19.3 Å². The number of aromatic nitrogens is 2. The Hall–Kier alpha value is -2.80. The zero-order chi connectivity index (χ0) is 17.8. The molecular weight excluding hydrogens is 349 g/mol. The molecule has 1 aromatic heterocycles. The van der Waals surface area contributed by atoms with E-state index in [2.05, 4.69) is 15.5 Å². The lowest BCUT2D eigenvalue weighted by Crippen LogP contribution is -2.00. The molecule has 0 saturated heterocycles. The second-order valence-electron chi connectivity index (χ2n) is 5.06. The van der Waals surface area contributed by atoms with Gasteiger partial charge in [-0.25, -0.2) is 4.39 Å². The van der Waals surface area contributed by atoms with Crippen LogP contribution in [0.4, 0.5) is 10.1 Å². The molecule has 3 rings (SSSR count). The Labute approximate surface area is 148 Å². The van der Waals surface area contributed by atoms with Gasteiger partial charge in [-0.15, -0.1) is 0 Å². The van der Waals surface area contributed by atoms with Crippen LogP contribution in [0, 0.1) is 5.82 Å². The van der Waals surface area contributed by atoms with E-state index in [-0.39, 0.29) is 11.6 Å². The van der Waals surface area contributed by atoms with Gasteiger partial charge in [0, 0.05) is 5.56 Å². The second kappa shape index (κ2) is 7.40. The number of nitrogens with one attached hydrogen (secondary N) is 1. The predicted octanol–water partition coefficient (Wildman–Crippen LogP) is 4.16. The summed E-state index contributed by atoms with van der Waals surface area (Å²) >= 11 is 5.96. The quantitative estimate of drug-likeness (QED) is 0.709. The first-order valence-electron chi connectivity index (χ1n) is 7.34. The van der Waals surface area contributed by atoms with E-state index >= 15 is 0 Å². The standard InChI is InChI=1S/C17H15ClFN3O3/c1-23-14-6-3-10(7-15(14)24-2)17-21-16(25-22-17)9-20-13-5-4-11(19)8-12(13)18/h3-8,20H,9H2,1-2H3. The summed E-state index contributed by atoms with van der Waals surface area (Å²) in [5.41, 5.74) is 1.31. The average molecular weight is 364 g/mol. The molecule has 0 aliphatic heterocycles. The van der Waals surface area contributed by atoms with Gasteiger partial charge in [0.05, 0.1) is 31.5 Å². The predicted molar refractivity (Wildman–Crippen MR) is 91.6 cm³/mol. The summed E-state index contributed by atoms with van der Waals surface area (Å²) < 4.78 is 28.7. The van der Waals surface area contributed by atoms with Crippen molar-refractivity contribution in [2.75, 3.05) is 19.5 Å². The Morgan fingerprint density at radius 2 is 1.92 bits per heavy atom. The van der Waals surface area contributed by atoms with Crippen LogP contribution in [0.15, 0.2) is 40.9 Å². The van der Waals surface area contributed by atoms with Gasteiger partial charge in [-0.05, 0) is 36.4 Å². The summed E-state index contributed by atoms with van der Waals surface area (Å²) in [5.74, 6) is 1.57. The zero-order valence-corrected chi connectivity index (χ0v) is 14.3. The number of halogens is 2. The first-order valence-corrected chi connectivity index (χ1v) is 7.72. The Kier molecular flexibility index (Phi) is 5.04. The van der Waals surface area contributed by atoms with Gasteiger partial charge in [-0.3, -0.25) is 0 Å². The van der Waals surface area contributed by atoms with Gasteiger partial charge >= 0.3 is 0 Å². The van der Waals surface area contributed by atoms with E-state index in [1.807, 2.05) is 0 Å². The van der Waals surface area contributed by atoms with Gasteiger partial charge in [0.2, 0.25) is 11.7 Å². The summed E-state index contributed by atoms with van der Waals surface area (Å²) in [6, 6.07) is 9.42. The molecule has 0 unspecified atom stereocenters. The first-order chi connectivity index (χ1) is 12.1. The van der Waals surface area contributed by atoms with E-state index in [9.17, 15) is 4.39 Å². The molecule has 0 aliphatic rings. The van der Waals surface area contributed by atoms with Crippen molar-refractivity contribution in [1.29, 1.82) is 0 Å². The minimum Gasteiger partial charge on any atom is -0.493 e. The van der Waals surface area contributed by atoms with Crippen molar-refractivity contribution < 1.29 is 18.4 Å². The third-order valence-electron chi connectivity index (χ3n) is 3.47. The van der Waals surface area contributed by atoms with Crippen LogP contribution in [0.2, 0.25) is 5.02 Å². The van der Waals surface area contributed by atoms with Gasteiger partial charge in [0.15, 0.2) is 11.5 Å². The molecular formula is C17H15ClFN3O3. The van der Waals surface area contributed by atoms with Crippen LogP contribution in [-0.4, -0.2) is 24.4 Å². The average Bonchev–Trinajstić information content (AvgIpc) is 3.09. The van der Waals surface area contributed by atoms with Crippen molar-refractivity contribution in [3.05, 3.63) is 53.1 Å². The number of rotatable bonds is 6. The van der Waals surface area contributed by atoms with E-state index in [0.29, 0.717) is 28.9 Å². The molecule has 0 fully saturated rings. The first kappa shape index (κ1) is 17.0. The van der Waals surface area contributed by atoms with Gasteiger partial charge in [0.25, 0.3) is 0 Å². The minimum atomic E-state index is -0.399. The van der Waals surface area contributed by atoms with E-state index in [4.69, 9.17) is 25.6 Å². The van der Waals surface area contributed by atoms with Crippen LogP contribution in [0.5, 0.6) is 11.5 Å². The number of nitrogens with zero attached hydrogens (tertiary/aromatic N) is 2. The van der Waals surface area contributed by atoms with Crippen LogP contribution < -0.4 is 14.8 Å². The number of anilines is 1. The molecule has 3 aromatic rings. The molecule has 25 heavy (non-hydrogen) atoms. The number of hydrogen-bond donors (Lipinski definition) is 1. The highest BCUT2D eigenvalue weighted by Gasteiger charge is 2.12. The molecule has 6 nitrogen and oxygen atoms in total. The van der Waals surface area contributed by atoms with Crippen molar-refractivity contribution in [1.82, 2.24) is 10.1 Å². The van der Waals surface area contributed by atoms with Crippen molar-refractivity contribution in [3.63, 3.8) is 0 Å². The van der Waals surface area contributed by atoms with Crippen molar-refractivity contribution in [2.45, 2.75) is 6.54 Å². The van der Waals surface area contributed by atoms with Gasteiger partial charge in [0.1, 0.15) is 5.82 Å². The van der Waals surface area contributed by atoms with Gasteiger partial charge in [-0.1, -0.05) is 16.8 Å². The highest BCUT2D eigenvalue weighted by atomic mass is 35.5. The van der Waals surface area contributed by atoms with E-state index in [1.165, 1.54) is 12.1 Å². The van der Waals surface area contributed by atoms with Crippen LogP contribution in [-0.2, 0) is 6.54 Å². The Bertz CT molecular complexity index is 885. The molecule has 2 aromatic carbocycles. The largest absolute Gasteiger partial charge is 0.493 e. The molecule has 1 heterocycles. The Morgan fingerprint density at radius 1 is 1.12 bits per heavy atom. The van der Waals surface area contributed by atoms with Crippen LogP contribution in [0.3, 0.4) is 0 Å². The van der Waals surface area contributed by atoms with Crippen LogP contribution in [0.25, 0.3) is 11.4 Å². The molecule has 0 saturated carbocycles. The molecule has 0 aliphatic carbocycles. The fourth-order valence-corrected chi connectivity index (χ4v) is 2.46. The second-order valence-corrected chi connectivity index (χ2v) is 5.47. The molecule has 130 valence electrons. The van der Waals surface area contributed by atoms with Crippen molar-refractivity contribution in [3.8, 4) is 22.9 Å². The molecule has 0 radical (unpaired) electrons. The monoisotopic (exact) mass is 363 g/mol. The normalized spacial score (nSPS) is 10.6. The maximum absolute atomic E-state index is 13.0. The van der Waals surface area contributed by atoms with Crippen molar-refractivity contribution in [2.24, 2.45) is 0 Å². The summed E-state index contributed by atoms with van der Waals surface area (Å²) in [6.07, 6.45) is 0.